The van der Waals surface area contributed by atoms with Crippen LogP contribution in [0.2, 0.25) is 0 Å². The van der Waals surface area contributed by atoms with Crippen molar-refractivity contribution in [2.45, 2.75) is 64.1 Å². The SMILES string of the molecule is COc1ccc(C(C(=O)NC(C)(C)C)N(C(=O)c2snc(C(N)=O)c2N)C2CCCC2)cc1. The van der Waals surface area contributed by atoms with Gasteiger partial charge in [0.1, 0.15) is 16.7 Å². The highest BCUT2D eigenvalue weighted by Gasteiger charge is 2.40. The zero-order valence-corrected chi connectivity index (χ0v) is 20.2. The number of rotatable bonds is 7. The maximum absolute atomic E-state index is 13.9. The van der Waals surface area contributed by atoms with Crippen LogP contribution in [-0.4, -0.2) is 45.7 Å². The van der Waals surface area contributed by atoms with E-state index < -0.39 is 23.4 Å². The molecule has 1 aliphatic carbocycles. The van der Waals surface area contributed by atoms with Gasteiger partial charge in [0.2, 0.25) is 5.91 Å². The molecule has 1 saturated carbocycles. The number of methoxy groups -OCH3 is 1. The Hall–Kier alpha value is -3.14. The van der Waals surface area contributed by atoms with Gasteiger partial charge in [-0.15, -0.1) is 0 Å². The van der Waals surface area contributed by atoms with Gasteiger partial charge in [-0.25, -0.2) is 0 Å². The molecule has 1 aromatic heterocycles. The second-order valence-electron chi connectivity index (χ2n) is 9.20. The minimum absolute atomic E-state index is 0.0507. The van der Waals surface area contributed by atoms with Crippen LogP contribution in [0.1, 0.15) is 78.2 Å². The van der Waals surface area contributed by atoms with Gasteiger partial charge < -0.3 is 26.4 Å². The van der Waals surface area contributed by atoms with Crippen molar-refractivity contribution in [2.75, 3.05) is 12.8 Å². The monoisotopic (exact) mass is 473 g/mol. The van der Waals surface area contributed by atoms with Crippen molar-refractivity contribution in [2.24, 2.45) is 5.73 Å². The molecule has 9 nitrogen and oxygen atoms in total. The molecule has 1 aliphatic rings. The predicted molar refractivity (Wildman–Crippen MR) is 127 cm³/mol. The first-order chi connectivity index (χ1) is 15.5. The van der Waals surface area contributed by atoms with Crippen LogP contribution in [0.3, 0.4) is 0 Å². The minimum atomic E-state index is -0.899. The molecule has 1 heterocycles. The van der Waals surface area contributed by atoms with Crippen molar-refractivity contribution in [3.05, 3.63) is 40.4 Å². The third kappa shape index (κ3) is 5.44. The molecule has 10 heteroatoms. The highest BCUT2D eigenvalue weighted by molar-refractivity contribution is 7.09. The van der Waals surface area contributed by atoms with Crippen LogP contribution in [-0.2, 0) is 4.79 Å². The summed E-state index contributed by atoms with van der Waals surface area (Å²) in [7, 11) is 1.57. The maximum atomic E-state index is 13.9. The molecule has 1 fully saturated rings. The fourth-order valence-electron chi connectivity index (χ4n) is 4.09. The summed E-state index contributed by atoms with van der Waals surface area (Å²) < 4.78 is 9.24. The third-order valence-corrected chi connectivity index (χ3v) is 6.42. The van der Waals surface area contributed by atoms with Crippen molar-refractivity contribution in [1.82, 2.24) is 14.6 Å². The number of nitrogens with zero attached hydrogens (tertiary/aromatic N) is 2. The lowest BCUT2D eigenvalue weighted by molar-refractivity contribution is -0.128. The molecule has 3 amide bonds. The number of hydrogen-bond acceptors (Lipinski definition) is 7. The maximum Gasteiger partial charge on any atom is 0.270 e. The number of anilines is 1. The number of aromatic nitrogens is 1. The Morgan fingerprint density at radius 1 is 1.18 bits per heavy atom. The first-order valence-corrected chi connectivity index (χ1v) is 11.6. The number of nitrogens with two attached hydrogens (primary N) is 2. The molecule has 1 unspecified atom stereocenters. The Morgan fingerprint density at radius 2 is 1.79 bits per heavy atom. The fourth-order valence-corrected chi connectivity index (χ4v) is 4.83. The van der Waals surface area contributed by atoms with E-state index in [0.717, 1.165) is 37.2 Å². The van der Waals surface area contributed by atoms with Gasteiger partial charge in [0, 0.05) is 11.6 Å². The summed E-state index contributed by atoms with van der Waals surface area (Å²) in [5, 5.41) is 3.01. The lowest BCUT2D eigenvalue weighted by Gasteiger charge is -2.37. The summed E-state index contributed by atoms with van der Waals surface area (Å²) in [6.07, 6.45) is 3.44. The number of ether oxygens (including phenoxy) is 1. The molecular formula is C23H31N5O4S. The van der Waals surface area contributed by atoms with Gasteiger partial charge in [0.15, 0.2) is 5.69 Å². The van der Waals surface area contributed by atoms with E-state index in [1.165, 1.54) is 0 Å². The Bertz CT molecular complexity index is 1020. The number of carbonyl (C=O) groups excluding carboxylic acids is 3. The Labute approximate surface area is 197 Å². The van der Waals surface area contributed by atoms with Gasteiger partial charge >= 0.3 is 0 Å². The number of nitrogen functional groups attached to an aromatic ring is 1. The van der Waals surface area contributed by atoms with Crippen molar-refractivity contribution in [1.29, 1.82) is 0 Å². The number of primary amides is 1. The van der Waals surface area contributed by atoms with Gasteiger partial charge in [-0.05, 0) is 62.8 Å². The van der Waals surface area contributed by atoms with Crippen molar-refractivity contribution >= 4 is 34.9 Å². The van der Waals surface area contributed by atoms with E-state index in [2.05, 4.69) is 9.69 Å². The third-order valence-electron chi connectivity index (χ3n) is 5.56. The minimum Gasteiger partial charge on any atom is -0.497 e. The van der Waals surface area contributed by atoms with Crippen LogP contribution < -0.4 is 21.5 Å². The summed E-state index contributed by atoms with van der Waals surface area (Å²) in [5.41, 5.74) is 11.4. The first kappa shape index (κ1) is 24.5. The normalized spacial score (nSPS) is 15.2. The van der Waals surface area contributed by atoms with Crippen LogP contribution in [0.15, 0.2) is 24.3 Å². The largest absolute Gasteiger partial charge is 0.497 e. The molecule has 178 valence electrons. The summed E-state index contributed by atoms with van der Waals surface area (Å²) in [4.78, 5) is 40.8. The van der Waals surface area contributed by atoms with E-state index >= 15 is 0 Å². The van der Waals surface area contributed by atoms with E-state index in [9.17, 15) is 14.4 Å². The summed E-state index contributed by atoms with van der Waals surface area (Å²) in [6, 6.07) is 6.03. The van der Waals surface area contributed by atoms with Gasteiger partial charge in [-0.1, -0.05) is 25.0 Å². The Balaban J connectivity index is 2.12. The van der Waals surface area contributed by atoms with E-state index in [1.807, 2.05) is 20.8 Å². The van der Waals surface area contributed by atoms with Crippen LogP contribution in [0, 0.1) is 0 Å². The quantitative estimate of drug-likeness (QED) is 0.565. The smallest absolute Gasteiger partial charge is 0.270 e. The number of carbonyl (C=O) groups is 3. The van der Waals surface area contributed by atoms with Crippen LogP contribution in [0.5, 0.6) is 5.75 Å². The molecule has 0 radical (unpaired) electrons. The summed E-state index contributed by atoms with van der Waals surface area (Å²) in [6.45, 7) is 5.66. The number of benzene rings is 1. The average Bonchev–Trinajstić information content (AvgIpc) is 3.40. The first-order valence-electron chi connectivity index (χ1n) is 10.9. The highest BCUT2D eigenvalue weighted by atomic mass is 32.1. The van der Waals surface area contributed by atoms with Crippen LogP contribution >= 0.6 is 11.5 Å². The molecular weight excluding hydrogens is 442 g/mol. The lowest BCUT2D eigenvalue weighted by Crippen LogP contribution is -2.51. The molecule has 1 aromatic carbocycles. The molecule has 2 aromatic rings. The molecule has 1 atom stereocenters. The van der Waals surface area contributed by atoms with E-state index in [1.54, 1.807) is 36.3 Å². The molecule has 0 bridgehead atoms. The Kier molecular flexibility index (Phi) is 7.26. The van der Waals surface area contributed by atoms with E-state index in [0.29, 0.717) is 11.3 Å². The van der Waals surface area contributed by atoms with E-state index in [-0.39, 0.29) is 28.2 Å². The van der Waals surface area contributed by atoms with Gasteiger partial charge in [0.25, 0.3) is 11.8 Å². The highest BCUT2D eigenvalue weighted by Crippen LogP contribution is 2.36. The fraction of sp³-hybridized carbons (Fsp3) is 0.478. The molecule has 33 heavy (non-hydrogen) atoms. The summed E-state index contributed by atoms with van der Waals surface area (Å²) >= 11 is 0.825. The summed E-state index contributed by atoms with van der Waals surface area (Å²) in [5.74, 6) is -0.891. The number of amides is 3. The van der Waals surface area contributed by atoms with Crippen molar-refractivity contribution in [3.8, 4) is 5.75 Å². The Morgan fingerprint density at radius 3 is 2.27 bits per heavy atom. The van der Waals surface area contributed by atoms with Gasteiger partial charge in [0.05, 0.1) is 12.8 Å². The average molecular weight is 474 g/mol. The van der Waals surface area contributed by atoms with Crippen molar-refractivity contribution in [3.63, 3.8) is 0 Å². The predicted octanol–water partition coefficient (Wildman–Crippen LogP) is 2.87. The number of nitrogens with one attached hydrogen (secondary N) is 1. The molecule has 3 rings (SSSR count). The second kappa shape index (κ2) is 9.78. The number of hydrogen-bond donors (Lipinski definition) is 3. The van der Waals surface area contributed by atoms with Gasteiger partial charge in [-0.2, -0.15) is 4.37 Å². The van der Waals surface area contributed by atoms with Gasteiger partial charge in [-0.3, -0.25) is 14.4 Å². The van der Waals surface area contributed by atoms with Crippen LogP contribution in [0.25, 0.3) is 0 Å². The molecule has 0 aliphatic heterocycles. The zero-order valence-electron chi connectivity index (χ0n) is 19.4. The van der Waals surface area contributed by atoms with Crippen molar-refractivity contribution < 1.29 is 19.1 Å². The van der Waals surface area contributed by atoms with E-state index in [4.69, 9.17) is 16.2 Å². The topological polar surface area (TPSA) is 141 Å². The molecule has 0 spiro atoms. The van der Waals surface area contributed by atoms with Crippen LogP contribution in [0.4, 0.5) is 5.69 Å². The standard InChI is InChI=1S/C23H31N5O4S/c1-23(2,3)26-21(30)18(13-9-11-15(32-4)12-10-13)28(14-7-5-6-8-14)22(31)19-16(24)17(20(25)29)27-33-19/h9-12,14,18H,5-8,24H2,1-4H3,(H2,25,29)(H,26,30). The second-order valence-corrected chi connectivity index (χ2v) is 9.98. The molecule has 0 saturated heterocycles. The zero-order chi connectivity index (χ0) is 24.3. The lowest BCUT2D eigenvalue weighted by atomic mass is 9.98. The molecule has 5 N–H and O–H groups in total.